The average Bonchev–Trinajstić information content (AvgIpc) is 2.67. The maximum atomic E-state index is 10.5. The van der Waals surface area contributed by atoms with E-state index in [0.717, 1.165) is 37.5 Å². The highest BCUT2D eigenvalue weighted by molar-refractivity contribution is 5.84. The van der Waals surface area contributed by atoms with Gasteiger partial charge < -0.3 is 15.2 Å². The molecule has 0 spiro atoms. The van der Waals surface area contributed by atoms with Gasteiger partial charge in [-0.05, 0) is 78.5 Å². The molecule has 2 aromatic rings. The molecule has 0 atom stereocenters. The second-order valence-corrected chi connectivity index (χ2v) is 9.44. The van der Waals surface area contributed by atoms with Crippen molar-refractivity contribution < 1.29 is 14.6 Å². The molecule has 1 aliphatic rings. The van der Waals surface area contributed by atoms with Gasteiger partial charge in [0.25, 0.3) is 0 Å². The molecule has 0 amide bonds. The molecule has 158 valence electrons. The number of aliphatic carboxylic acids is 1. The molecule has 4 heteroatoms. The Balaban J connectivity index is 1.52. The number of carboxylic acid groups (broad SMARTS) is 1. The van der Waals surface area contributed by atoms with Gasteiger partial charge in [-0.1, -0.05) is 45.0 Å². The first-order valence-electron chi connectivity index (χ1n) is 10.9. The van der Waals surface area contributed by atoms with Crippen LogP contribution < -0.4 is 10.1 Å². The zero-order chi connectivity index (χ0) is 20.9. The van der Waals surface area contributed by atoms with E-state index in [1.54, 1.807) is 0 Å². The fourth-order valence-corrected chi connectivity index (χ4v) is 4.29. The van der Waals surface area contributed by atoms with Crippen LogP contribution in [0.15, 0.2) is 36.4 Å². The molecule has 4 nitrogen and oxygen atoms in total. The number of hydrogen-bond donors (Lipinski definition) is 2. The molecule has 0 saturated heterocycles. The standard InChI is InChI=1S/C25H35NO3/c1-25(2,3)21-7-10-22(11-8-21)29-23-9-6-19-16-18(4-5-20(19)17-23)12-14-26-15-13-24(27)28/h4-6,9,16-17,21-22,26H,7-8,10-15H2,1-3H3,(H,27,28). The number of hydrogen-bond acceptors (Lipinski definition) is 3. The van der Waals surface area contributed by atoms with Crippen molar-refractivity contribution in [1.82, 2.24) is 5.32 Å². The molecule has 1 saturated carbocycles. The number of carboxylic acids is 1. The Morgan fingerprint density at radius 1 is 1.03 bits per heavy atom. The molecule has 2 N–H and O–H groups in total. The summed E-state index contributed by atoms with van der Waals surface area (Å²) in [4.78, 5) is 10.5. The van der Waals surface area contributed by atoms with Crippen LogP contribution in [0.4, 0.5) is 0 Å². The summed E-state index contributed by atoms with van der Waals surface area (Å²) in [5.74, 6) is 1.01. The van der Waals surface area contributed by atoms with Crippen molar-refractivity contribution in [1.29, 1.82) is 0 Å². The first-order valence-corrected chi connectivity index (χ1v) is 10.9. The number of nitrogens with one attached hydrogen (secondary N) is 1. The van der Waals surface area contributed by atoms with Crippen molar-refractivity contribution in [2.75, 3.05) is 13.1 Å². The lowest BCUT2D eigenvalue weighted by atomic mass is 9.72. The highest BCUT2D eigenvalue weighted by Gasteiger charge is 2.30. The summed E-state index contributed by atoms with van der Waals surface area (Å²) in [7, 11) is 0. The molecule has 0 unspecified atom stereocenters. The predicted octanol–water partition coefficient (Wildman–Crippen LogP) is 5.43. The van der Waals surface area contributed by atoms with Gasteiger partial charge in [0.05, 0.1) is 12.5 Å². The van der Waals surface area contributed by atoms with Crippen LogP contribution in [0, 0.1) is 11.3 Å². The topological polar surface area (TPSA) is 58.6 Å². The maximum Gasteiger partial charge on any atom is 0.304 e. The van der Waals surface area contributed by atoms with Crippen LogP contribution in [0.2, 0.25) is 0 Å². The number of carbonyl (C=O) groups is 1. The van der Waals surface area contributed by atoms with E-state index in [-0.39, 0.29) is 6.42 Å². The fraction of sp³-hybridized carbons (Fsp3) is 0.560. The third kappa shape index (κ3) is 6.46. The third-order valence-electron chi connectivity index (χ3n) is 6.18. The van der Waals surface area contributed by atoms with Gasteiger partial charge in [0, 0.05) is 6.54 Å². The summed E-state index contributed by atoms with van der Waals surface area (Å²) in [5.41, 5.74) is 1.66. The minimum absolute atomic E-state index is 0.165. The number of ether oxygens (including phenoxy) is 1. The van der Waals surface area contributed by atoms with Crippen LogP contribution in [0.5, 0.6) is 5.75 Å². The Hall–Kier alpha value is -2.07. The minimum Gasteiger partial charge on any atom is -0.490 e. The Kier molecular flexibility index (Phi) is 7.18. The van der Waals surface area contributed by atoms with Crippen molar-refractivity contribution in [3.63, 3.8) is 0 Å². The summed E-state index contributed by atoms with van der Waals surface area (Å²) >= 11 is 0. The summed E-state index contributed by atoms with van der Waals surface area (Å²) in [6.07, 6.45) is 6.20. The van der Waals surface area contributed by atoms with Gasteiger partial charge in [0.15, 0.2) is 0 Å². The van der Waals surface area contributed by atoms with Gasteiger partial charge >= 0.3 is 5.97 Å². The minimum atomic E-state index is -0.761. The van der Waals surface area contributed by atoms with Crippen LogP contribution >= 0.6 is 0 Å². The van der Waals surface area contributed by atoms with Crippen LogP contribution in [-0.4, -0.2) is 30.3 Å². The maximum absolute atomic E-state index is 10.5. The molecule has 0 bridgehead atoms. The van der Waals surface area contributed by atoms with E-state index < -0.39 is 5.97 Å². The molecule has 29 heavy (non-hydrogen) atoms. The van der Waals surface area contributed by atoms with E-state index in [4.69, 9.17) is 9.84 Å². The van der Waals surface area contributed by atoms with Crippen molar-refractivity contribution in [3.8, 4) is 5.75 Å². The second kappa shape index (κ2) is 9.62. The third-order valence-corrected chi connectivity index (χ3v) is 6.18. The predicted molar refractivity (Wildman–Crippen MR) is 119 cm³/mol. The molecular weight excluding hydrogens is 362 g/mol. The van der Waals surface area contributed by atoms with E-state index >= 15 is 0 Å². The molecule has 0 aromatic heterocycles. The zero-order valence-corrected chi connectivity index (χ0v) is 18.0. The Bertz CT molecular complexity index is 816. The van der Waals surface area contributed by atoms with Crippen LogP contribution in [0.25, 0.3) is 10.8 Å². The molecular formula is C25H35NO3. The molecule has 0 heterocycles. The number of benzene rings is 2. The SMILES string of the molecule is CC(C)(C)C1CCC(Oc2ccc3cc(CCNCCC(=O)O)ccc3c2)CC1. The van der Waals surface area contributed by atoms with Gasteiger partial charge in [-0.2, -0.15) is 0 Å². The molecule has 1 aliphatic carbocycles. The van der Waals surface area contributed by atoms with Crippen molar-refractivity contribution in [3.05, 3.63) is 42.0 Å². The Labute approximate surface area is 174 Å². The van der Waals surface area contributed by atoms with E-state index in [1.165, 1.54) is 29.2 Å². The Morgan fingerprint density at radius 2 is 1.72 bits per heavy atom. The normalized spacial score (nSPS) is 20.0. The summed E-state index contributed by atoms with van der Waals surface area (Å²) in [6, 6.07) is 12.9. The van der Waals surface area contributed by atoms with E-state index in [2.05, 4.69) is 62.5 Å². The van der Waals surface area contributed by atoms with E-state index in [9.17, 15) is 4.79 Å². The molecule has 1 fully saturated rings. The summed E-state index contributed by atoms with van der Waals surface area (Å²) in [5, 5.41) is 14.3. The molecule has 0 radical (unpaired) electrons. The lowest BCUT2D eigenvalue weighted by Gasteiger charge is -2.37. The largest absolute Gasteiger partial charge is 0.490 e. The summed E-state index contributed by atoms with van der Waals surface area (Å²) < 4.78 is 6.31. The first-order chi connectivity index (χ1) is 13.8. The van der Waals surface area contributed by atoms with Gasteiger partial charge in [-0.15, -0.1) is 0 Å². The lowest BCUT2D eigenvalue weighted by molar-refractivity contribution is -0.136. The van der Waals surface area contributed by atoms with Crippen molar-refractivity contribution >= 4 is 16.7 Å². The molecule has 0 aliphatic heterocycles. The lowest BCUT2D eigenvalue weighted by Crippen LogP contribution is -2.30. The van der Waals surface area contributed by atoms with E-state index in [0.29, 0.717) is 18.1 Å². The van der Waals surface area contributed by atoms with Crippen LogP contribution in [0.1, 0.15) is 58.4 Å². The van der Waals surface area contributed by atoms with Crippen molar-refractivity contribution in [2.24, 2.45) is 11.3 Å². The van der Waals surface area contributed by atoms with E-state index in [1.807, 2.05) is 0 Å². The van der Waals surface area contributed by atoms with Crippen molar-refractivity contribution in [2.45, 2.75) is 65.4 Å². The number of fused-ring (bicyclic) bond motifs is 1. The Morgan fingerprint density at radius 3 is 2.41 bits per heavy atom. The first kappa shape index (κ1) is 21.6. The fourth-order valence-electron chi connectivity index (χ4n) is 4.29. The van der Waals surface area contributed by atoms with Gasteiger partial charge in [-0.3, -0.25) is 4.79 Å². The van der Waals surface area contributed by atoms with Gasteiger partial charge in [-0.25, -0.2) is 0 Å². The highest BCUT2D eigenvalue weighted by atomic mass is 16.5. The average molecular weight is 398 g/mol. The quantitative estimate of drug-likeness (QED) is 0.583. The van der Waals surface area contributed by atoms with Gasteiger partial charge in [0.1, 0.15) is 5.75 Å². The molecule has 3 rings (SSSR count). The number of rotatable bonds is 8. The zero-order valence-electron chi connectivity index (χ0n) is 18.0. The second-order valence-electron chi connectivity index (χ2n) is 9.44. The highest BCUT2D eigenvalue weighted by Crippen LogP contribution is 2.39. The van der Waals surface area contributed by atoms with Crippen LogP contribution in [-0.2, 0) is 11.2 Å². The van der Waals surface area contributed by atoms with Gasteiger partial charge in [0.2, 0.25) is 0 Å². The molecule has 2 aromatic carbocycles. The van der Waals surface area contributed by atoms with Crippen LogP contribution in [0.3, 0.4) is 0 Å². The summed E-state index contributed by atoms with van der Waals surface area (Å²) in [6.45, 7) is 8.35. The monoisotopic (exact) mass is 397 g/mol. The smallest absolute Gasteiger partial charge is 0.304 e.